The zero-order chi connectivity index (χ0) is 24.9. The van der Waals surface area contributed by atoms with Gasteiger partial charge in [-0.05, 0) is 37.6 Å². The second-order valence-electron chi connectivity index (χ2n) is 8.67. The number of carbonyl (C=O) groups is 2. The largest absolute Gasteiger partial charge is 0.483 e. The Morgan fingerprint density at radius 1 is 1.06 bits per heavy atom. The molecular formula is C24H30FN3O5S. The Bertz CT molecular complexity index is 1120. The van der Waals surface area contributed by atoms with E-state index in [1.807, 2.05) is 18.6 Å². The van der Waals surface area contributed by atoms with Gasteiger partial charge in [-0.3, -0.25) is 19.2 Å². The van der Waals surface area contributed by atoms with Crippen molar-refractivity contribution in [2.45, 2.75) is 38.9 Å². The number of halogens is 1. The van der Waals surface area contributed by atoms with Crippen molar-refractivity contribution in [2.24, 2.45) is 0 Å². The van der Waals surface area contributed by atoms with Crippen LogP contribution >= 0.6 is 0 Å². The number of nitrogens with zero attached hydrogens (tertiary/aromatic N) is 2. The van der Waals surface area contributed by atoms with Crippen molar-refractivity contribution < 1.29 is 27.1 Å². The molecule has 2 amide bonds. The van der Waals surface area contributed by atoms with Gasteiger partial charge in [-0.15, -0.1) is 0 Å². The minimum Gasteiger partial charge on any atom is -0.483 e. The van der Waals surface area contributed by atoms with E-state index in [2.05, 4.69) is 4.90 Å². The second kappa shape index (κ2) is 11.0. The van der Waals surface area contributed by atoms with Gasteiger partial charge in [0.25, 0.3) is 5.91 Å². The first-order valence-corrected chi connectivity index (χ1v) is 12.9. The molecule has 0 aliphatic carbocycles. The molecule has 0 radical (unpaired) electrons. The Kier molecular flexibility index (Phi) is 8.27. The molecule has 184 valence electrons. The van der Waals surface area contributed by atoms with Crippen molar-refractivity contribution in [2.75, 3.05) is 26.0 Å². The number of sulfonamides is 1. The Morgan fingerprint density at radius 3 is 2.41 bits per heavy atom. The average molecular weight is 492 g/mol. The number of benzene rings is 2. The van der Waals surface area contributed by atoms with Gasteiger partial charge in [0.15, 0.2) is 6.61 Å². The van der Waals surface area contributed by atoms with E-state index in [9.17, 15) is 22.4 Å². The zero-order valence-electron chi connectivity index (χ0n) is 19.5. The highest BCUT2D eigenvalue weighted by Gasteiger charge is 2.32. The molecule has 8 nitrogen and oxygen atoms in total. The SMILES string of the molecule is CC1CN(C(=O)COc2ccccc2CC(=O)NS(C)(=O)=O)C(C)CN1Cc1ccc(F)cc1. The Morgan fingerprint density at radius 2 is 1.74 bits per heavy atom. The predicted molar refractivity (Wildman–Crippen MR) is 126 cm³/mol. The van der Waals surface area contributed by atoms with Gasteiger partial charge in [-0.2, -0.15) is 0 Å². The first kappa shape index (κ1) is 25.6. The Hall–Kier alpha value is -2.98. The molecule has 2 unspecified atom stereocenters. The van der Waals surface area contributed by atoms with Gasteiger partial charge in [0, 0.05) is 37.3 Å². The first-order valence-electron chi connectivity index (χ1n) is 11.0. The summed E-state index contributed by atoms with van der Waals surface area (Å²) in [4.78, 5) is 29.0. The third-order valence-electron chi connectivity index (χ3n) is 5.71. The summed E-state index contributed by atoms with van der Waals surface area (Å²) in [6.45, 7) is 5.71. The normalized spacial score (nSPS) is 19.0. The Balaban J connectivity index is 1.57. The van der Waals surface area contributed by atoms with Crippen LogP contribution in [0.2, 0.25) is 0 Å². The minimum absolute atomic E-state index is 0.0384. The third-order valence-corrected chi connectivity index (χ3v) is 6.31. The molecule has 0 spiro atoms. The van der Waals surface area contributed by atoms with Crippen molar-refractivity contribution in [1.82, 2.24) is 14.5 Å². The van der Waals surface area contributed by atoms with E-state index in [-0.39, 0.29) is 36.8 Å². The highest BCUT2D eigenvalue weighted by atomic mass is 32.2. The van der Waals surface area contributed by atoms with Gasteiger partial charge in [-0.1, -0.05) is 30.3 Å². The summed E-state index contributed by atoms with van der Waals surface area (Å²) in [6.07, 6.45) is 0.723. The molecule has 0 aromatic heterocycles. The van der Waals surface area contributed by atoms with Crippen LogP contribution in [0.3, 0.4) is 0 Å². The summed E-state index contributed by atoms with van der Waals surface area (Å²) in [6, 6.07) is 13.2. The van der Waals surface area contributed by atoms with E-state index < -0.39 is 15.9 Å². The van der Waals surface area contributed by atoms with E-state index in [4.69, 9.17) is 4.74 Å². The van der Waals surface area contributed by atoms with Crippen LogP contribution in [-0.2, 0) is 32.6 Å². The van der Waals surface area contributed by atoms with Crippen LogP contribution in [0.1, 0.15) is 25.0 Å². The lowest BCUT2D eigenvalue weighted by Crippen LogP contribution is -2.58. The smallest absolute Gasteiger partial charge is 0.260 e. The number of carbonyl (C=O) groups excluding carboxylic acids is 2. The fraction of sp³-hybridized carbons (Fsp3) is 0.417. The van der Waals surface area contributed by atoms with Crippen LogP contribution in [0.25, 0.3) is 0 Å². The predicted octanol–water partition coefficient (Wildman–Crippen LogP) is 1.94. The van der Waals surface area contributed by atoms with Crippen molar-refractivity contribution in [1.29, 1.82) is 0 Å². The van der Waals surface area contributed by atoms with Gasteiger partial charge < -0.3 is 9.64 Å². The minimum atomic E-state index is -3.66. The van der Waals surface area contributed by atoms with Crippen LogP contribution < -0.4 is 9.46 Å². The standard InChI is InChI=1S/C24H30FN3O5S/c1-17-14-28(18(2)13-27(17)15-19-8-10-21(25)11-9-19)24(30)16-33-22-7-5-4-6-20(22)12-23(29)26-34(3,31)32/h4-11,17-18H,12-16H2,1-3H3,(H,26,29). The van der Waals surface area contributed by atoms with Gasteiger partial charge >= 0.3 is 0 Å². The van der Waals surface area contributed by atoms with E-state index in [0.717, 1.165) is 11.8 Å². The summed E-state index contributed by atoms with van der Waals surface area (Å²) in [5.41, 5.74) is 1.50. The lowest BCUT2D eigenvalue weighted by Gasteiger charge is -2.44. The highest BCUT2D eigenvalue weighted by molar-refractivity contribution is 7.89. The molecule has 1 N–H and O–H groups in total. The number of ether oxygens (including phenoxy) is 1. The number of amides is 2. The van der Waals surface area contributed by atoms with Crippen molar-refractivity contribution in [3.05, 3.63) is 65.5 Å². The zero-order valence-corrected chi connectivity index (χ0v) is 20.3. The van der Waals surface area contributed by atoms with Gasteiger partial charge in [-0.25, -0.2) is 12.8 Å². The molecule has 1 fully saturated rings. The molecule has 34 heavy (non-hydrogen) atoms. The molecule has 2 atom stereocenters. The van der Waals surface area contributed by atoms with Gasteiger partial charge in [0.2, 0.25) is 15.9 Å². The summed E-state index contributed by atoms with van der Waals surface area (Å²) in [5, 5.41) is 0. The number of rotatable bonds is 8. The molecule has 1 aliphatic rings. The summed E-state index contributed by atoms with van der Waals surface area (Å²) in [7, 11) is -3.66. The molecular weight excluding hydrogens is 461 g/mol. The molecule has 0 saturated carbocycles. The third kappa shape index (κ3) is 7.26. The number of piperazine rings is 1. The topological polar surface area (TPSA) is 96.0 Å². The van der Waals surface area contributed by atoms with Crippen molar-refractivity contribution in [3.63, 3.8) is 0 Å². The van der Waals surface area contributed by atoms with Crippen LogP contribution in [-0.4, -0.2) is 68.1 Å². The maximum Gasteiger partial charge on any atom is 0.260 e. The summed E-state index contributed by atoms with van der Waals surface area (Å²) >= 11 is 0. The van der Waals surface area contributed by atoms with Crippen molar-refractivity contribution in [3.8, 4) is 5.75 Å². The number of nitrogens with one attached hydrogen (secondary N) is 1. The highest BCUT2D eigenvalue weighted by Crippen LogP contribution is 2.21. The fourth-order valence-electron chi connectivity index (χ4n) is 4.02. The Labute approximate surface area is 199 Å². The number of hydrogen-bond donors (Lipinski definition) is 1. The number of hydrogen-bond acceptors (Lipinski definition) is 6. The second-order valence-corrected chi connectivity index (χ2v) is 10.4. The van der Waals surface area contributed by atoms with Crippen LogP contribution in [0.5, 0.6) is 5.75 Å². The summed E-state index contributed by atoms with van der Waals surface area (Å²) < 4.78 is 43.4. The van der Waals surface area contributed by atoms with Gasteiger partial charge in [0.1, 0.15) is 11.6 Å². The van der Waals surface area contributed by atoms with Crippen LogP contribution in [0.15, 0.2) is 48.5 Å². The molecule has 1 saturated heterocycles. The average Bonchev–Trinajstić information content (AvgIpc) is 2.75. The lowest BCUT2D eigenvalue weighted by atomic mass is 10.1. The molecule has 10 heteroatoms. The monoisotopic (exact) mass is 491 g/mol. The lowest BCUT2D eigenvalue weighted by molar-refractivity contribution is -0.139. The molecule has 1 heterocycles. The maximum atomic E-state index is 13.2. The molecule has 3 rings (SSSR count). The van der Waals surface area contributed by atoms with Crippen LogP contribution in [0, 0.1) is 5.82 Å². The van der Waals surface area contributed by atoms with E-state index in [1.54, 1.807) is 41.3 Å². The summed E-state index contributed by atoms with van der Waals surface area (Å²) in [5.74, 6) is -0.755. The first-order chi connectivity index (χ1) is 16.0. The molecule has 2 aromatic carbocycles. The fourth-order valence-corrected chi connectivity index (χ4v) is 4.50. The quantitative estimate of drug-likeness (QED) is 0.607. The van der Waals surface area contributed by atoms with Crippen molar-refractivity contribution >= 4 is 21.8 Å². The van der Waals surface area contributed by atoms with E-state index >= 15 is 0 Å². The maximum absolute atomic E-state index is 13.2. The van der Waals surface area contributed by atoms with E-state index in [1.165, 1.54) is 12.1 Å². The molecule has 2 aromatic rings. The molecule has 1 aliphatic heterocycles. The number of para-hydroxylation sites is 1. The van der Waals surface area contributed by atoms with Gasteiger partial charge in [0.05, 0.1) is 12.7 Å². The van der Waals surface area contributed by atoms with E-state index in [0.29, 0.717) is 30.9 Å². The molecule has 0 bridgehead atoms. The van der Waals surface area contributed by atoms with Crippen LogP contribution in [0.4, 0.5) is 4.39 Å².